The van der Waals surface area contributed by atoms with E-state index < -0.39 is 0 Å². The molecule has 0 bridgehead atoms. The minimum atomic E-state index is -0.127. The van der Waals surface area contributed by atoms with E-state index in [2.05, 4.69) is 116 Å². The molecular weight excluding hydrogens is 406 g/mol. The molecule has 164 valence electrons. The van der Waals surface area contributed by atoms with Gasteiger partial charge in [-0.3, -0.25) is 0 Å². The van der Waals surface area contributed by atoms with E-state index in [1.54, 1.807) is 0 Å². The highest BCUT2D eigenvalue weighted by Crippen LogP contribution is 2.38. The van der Waals surface area contributed by atoms with E-state index >= 15 is 0 Å². The number of nitrogens with zero attached hydrogens (tertiary/aromatic N) is 5. The Bertz CT molecular complexity index is 1350. The molecule has 6 rings (SSSR count). The van der Waals surface area contributed by atoms with Gasteiger partial charge in [-0.2, -0.15) is 0 Å². The maximum atomic E-state index is 4.65. The molecule has 0 radical (unpaired) electrons. The van der Waals surface area contributed by atoms with Crippen LogP contribution in [0.1, 0.15) is 55.6 Å². The van der Waals surface area contributed by atoms with Gasteiger partial charge in [-0.25, -0.2) is 4.68 Å². The van der Waals surface area contributed by atoms with Crippen LogP contribution in [0.3, 0.4) is 0 Å². The zero-order valence-electron chi connectivity index (χ0n) is 18.6. The van der Waals surface area contributed by atoms with Gasteiger partial charge in [0.05, 0.1) is 11.7 Å². The summed E-state index contributed by atoms with van der Waals surface area (Å²) in [4.78, 5) is 0. The van der Waals surface area contributed by atoms with E-state index in [4.69, 9.17) is 0 Å². The van der Waals surface area contributed by atoms with Gasteiger partial charge in [-0.05, 0) is 46.5 Å². The first-order chi connectivity index (χ1) is 16.4. The normalized spacial score (nSPS) is 15.6. The number of hydrogen-bond donors (Lipinski definition) is 0. The first-order valence-electron chi connectivity index (χ1n) is 11.9. The van der Waals surface area contributed by atoms with Crippen LogP contribution in [0, 0.1) is 0 Å². The van der Waals surface area contributed by atoms with Crippen LogP contribution in [0.15, 0.2) is 91.0 Å². The highest BCUT2D eigenvalue weighted by Gasteiger charge is 2.30. The van der Waals surface area contributed by atoms with Crippen molar-refractivity contribution in [3.63, 3.8) is 0 Å². The molecule has 2 aromatic heterocycles. The third kappa shape index (κ3) is 3.63. The summed E-state index contributed by atoms with van der Waals surface area (Å²) < 4.78 is 4.53. The van der Waals surface area contributed by atoms with E-state index in [1.807, 2.05) is 0 Å². The van der Waals surface area contributed by atoms with Crippen LogP contribution in [-0.2, 0) is 0 Å². The van der Waals surface area contributed by atoms with E-state index in [9.17, 15) is 0 Å². The Balaban J connectivity index is 1.62. The second-order valence-corrected chi connectivity index (χ2v) is 8.91. The second-order valence-electron chi connectivity index (χ2n) is 8.91. The number of tetrazole rings is 1. The molecule has 1 aliphatic rings. The lowest BCUT2D eigenvalue weighted by atomic mass is 9.95. The molecule has 2 heterocycles. The van der Waals surface area contributed by atoms with Gasteiger partial charge in [-0.1, -0.05) is 98.1 Å². The third-order valence-electron chi connectivity index (χ3n) is 6.87. The van der Waals surface area contributed by atoms with Gasteiger partial charge in [0.1, 0.15) is 6.04 Å². The molecule has 3 aromatic carbocycles. The Kier molecular flexibility index (Phi) is 5.23. The van der Waals surface area contributed by atoms with Gasteiger partial charge in [0.25, 0.3) is 0 Å². The summed E-state index contributed by atoms with van der Waals surface area (Å²) >= 11 is 0. The summed E-state index contributed by atoms with van der Waals surface area (Å²) in [5.74, 6) is 0.909. The maximum Gasteiger partial charge on any atom is 0.179 e. The van der Waals surface area contributed by atoms with Gasteiger partial charge >= 0.3 is 0 Å². The number of para-hydroxylation sites is 1. The van der Waals surface area contributed by atoms with Crippen LogP contribution in [0.5, 0.6) is 0 Å². The lowest BCUT2D eigenvalue weighted by Gasteiger charge is -2.27. The van der Waals surface area contributed by atoms with Crippen molar-refractivity contribution in [2.75, 3.05) is 0 Å². The average Bonchev–Trinajstić information content (AvgIpc) is 3.52. The zero-order valence-corrected chi connectivity index (χ0v) is 18.6. The summed E-state index contributed by atoms with van der Waals surface area (Å²) in [6, 6.07) is 32.4. The standard InChI is InChI=1S/C28H27N5/c1-4-12-21(13-5-1)26-20-23-16-10-11-19-25(23)32(26)27(22-14-6-2-7-15-22)28-29-30-31-33(28)24-17-8-3-9-18-24/h1-2,4-7,10-16,19-20,24,27H,3,8-9,17-18H2. The van der Waals surface area contributed by atoms with Crippen molar-refractivity contribution < 1.29 is 0 Å². The van der Waals surface area contributed by atoms with Crippen LogP contribution in [-0.4, -0.2) is 24.8 Å². The summed E-state index contributed by atoms with van der Waals surface area (Å²) in [5.41, 5.74) is 4.72. The number of fused-ring (bicyclic) bond motifs is 1. The van der Waals surface area contributed by atoms with Gasteiger partial charge in [-0.15, -0.1) is 5.10 Å². The summed E-state index contributed by atoms with van der Waals surface area (Å²) in [5, 5.41) is 14.6. The van der Waals surface area contributed by atoms with Crippen molar-refractivity contribution in [3.8, 4) is 11.3 Å². The van der Waals surface area contributed by atoms with Gasteiger partial charge in [0, 0.05) is 10.9 Å². The van der Waals surface area contributed by atoms with Crippen molar-refractivity contribution in [2.24, 2.45) is 0 Å². The van der Waals surface area contributed by atoms with Crippen LogP contribution >= 0.6 is 0 Å². The molecule has 0 spiro atoms. The minimum absolute atomic E-state index is 0.127. The van der Waals surface area contributed by atoms with Crippen molar-refractivity contribution in [3.05, 3.63) is 102 Å². The van der Waals surface area contributed by atoms with Crippen LogP contribution in [0.4, 0.5) is 0 Å². The largest absolute Gasteiger partial charge is 0.325 e. The van der Waals surface area contributed by atoms with E-state index in [-0.39, 0.29) is 6.04 Å². The monoisotopic (exact) mass is 433 g/mol. The first-order valence-corrected chi connectivity index (χ1v) is 11.9. The molecule has 1 saturated carbocycles. The molecule has 1 fully saturated rings. The molecule has 1 aliphatic carbocycles. The van der Waals surface area contributed by atoms with Gasteiger partial charge in [0.2, 0.25) is 0 Å². The third-order valence-corrected chi connectivity index (χ3v) is 6.87. The SMILES string of the molecule is c1ccc(-c2cc3ccccc3n2C(c2ccccc2)c2nnnn2C2CCCCC2)cc1. The highest BCUT2D eigenvalue weighted by atomic mass is 15.6. The lowest BCUT2D eigenvalue weighted by molar-refractivity contribution is 0.312. The lowest BCUT2D eigenvalue weighted by Crippen LogP contribution is -2.23. The number of rotatable bonds is 5. The highest BCUT2D eigenvalue weighted by molar-refractivity contribution is 5.87. The second kappa shape index (κ2) is 8.66. The molecule has 33 heavy (non-hydrogen) atoms. The number of hydrogen-bond acceptors (Lipinski definition) is 3. The molecule has 5 aromatic rings. The summed E-state index contributed by atoms with van der Waals surface area (Å²) in [6.07, 6.45) is 6.05. The fourth-order valence-electron chi connectivity index (χ4n) is 5.30. The Hall–Kier alpha value is -3.73. The van der Waals surface area contributed by atoms with Gasteiger partial charge < -0.3 is 4.57 Å². The van der Waals surface area contributed by atoms with Crippen molar-refractivity contribution in [1.29, 1.82) is 0 Å². The Morgan fingerprint density at radius 3 is 2.24 bits per heavy atom. The maximum absolute atomic E-state index is 4.65. The molecule has 1 atom stereocenters. The van der Waals surface area contributed by atoms with Gasteiger partial charge in [0.15, 0.2) is 5.82 Å². The molecule has 0 N–H and O–H groups in total. The number of benzene rings is 3. The molecule has 0 saturated heterocycles. The van der Waals surface area contributed by atoms with Crippen LogP contribution < -0.4 is 0 Å². The molecule has 5 heteroatoms. The molecule has 0 amide bonds. The molecule has 5 nitrogen and oxygen atoms in total. The Labute approximate surface area is 193 Å². The minimum Gasteiger partial charge on any atom is -0.325 e. The summed E-state index contributed by atoms with van der Waals surface area (Å²) in [6.45, 7) is 0. The van der Waals surface area contributed by atoms with Crippen molar-refractivity contribution in [1.82, 2.24) is 24.8 Å². The van der Waals surface area contributed by atoms with E-state index in [0.717, 1.165) is 18.7 Å². The first kappa shape index (κ1) is 19.9. The zero-order chi connectivity index (χ0) is 22.0. The van der Waals surface area contributed by atoms with E-state index in [0.29, 0.717) is 6.04 Å². The van der Waals surface area contributed by atoms with Crippen LogP contribution in [0.2, 0.25) is 0 Å². The van der Waals surface area contributed by atoms with Crippen molar-refractivity contribution >= 4 is 10.9 Å². The Morgan fingerprint density at radius 2 is 1.45 bits per heavy atom. The fourth-order valence-corrected chi connectivity index (χ4v) is 5.30. The fraction of sp³-hybridized carbons (Fsp3) is 0.250. The molecule has 0 aliphatic heterocycles. The Morgan fingerprint density at radius 1 is 0.758 bits per heavy atom. The smallest absolute Gasteiger partial charge is 0.179 e. The van der Waals surface area contributed by atoms with E-state index in [1.165, 1.54) is 47.0 Å². The van der Waals surface area contributed by atoms with Crippen LogP contribution in [0.25, 0.3) is 22.2 Å². The quantitative estimate of drug-likeness (QED) is 0.320. The average molecular weight is 434 g/mol. The molecular formula is C28H27N5. The number of aromatic nitrogens is 5. The van der Waals surface area contributed by atoms with Crippen molar-refractivity contribution in [2.45, 2.75) is 44.2 Å². The summed E-state index contributed by atoms with van der Waals surface area (Å²) in [7, 11) is 0. The predicted molar refractivity (Wildman–Crippen MR) is 131 cm³/mol. The molecule has 1 unspecified atom stereocenters. The predicted octanol–water partition coefficient (Wildman–Crippen LogP) is 6.44. The topological polar surface area (TPSA) is 48.5 Å².